The van der Waals surface area contributed by atoms with Gasteiger partial charge < -0.3 is 0 Å². The van der Waals surface area contributed by atoms with Gasteiger partial charge >= 0.3 is 0 Å². The van der Waals surface area contributed by atoms with Gasteiger partial charge in [0, 0.05) is 0 Å². The quantitative estimate of drug-likeness (QED) is 0.583. The number of aliphatic imine (C=N–C) groups is 2. The van der Waals surface area contributed by atoms with Gasteiger partial charge in [-0.25, -0.2) is 0 Å². The van der Waals surface area contributed by atoms with Crippen LogP contribution in [0.25, 0.3) is 0 Å². The first kappa shape index (κ1) is 11.9. The fourth-order valence-electron chi connectivity index (χ4n) is 1.88. The summed E-state index contributed by atoms with van der Waals surface area (Å²) in [5.41, 5.74) is 1.16. The molecule has 2 N–H and O–H groups in total. The molecule has 0 aromatic heterocycles. The van der Waals surface area contributed by atoms with E-state index in [1.54, 1.807) is 0 Å². The summed E-state index contributed by atoms with van der Waals surface area (Å²) < 4.78 is 0. The van der Waals surface area contributed by atoms with Crippen LogP contribution in [-0.2, 0) is 4.94 Å². The number of allylic oxidation sites excluding steroid dienone is 1. The molecule has 0 spiro atoms. The standard InChI is InChI=1S/C9H12Cl2N4O/c10-8-13-7(6-4-2-1-3-5-6)15(16-12)9(11)14-8/h1-5,12H2. The van der Waals surface area contributed by atoms with E-state index in [-0.39, 0.29) is 10.6 Å². The number of rotatable bonds is 1. The largest absolute Gasteiger partial charge is 0.233 e. The minimum Gasteiger partial charge on any atom is -0.198 e. The Morgan fingerprint density at radius 1 is 1.12 bits per heavy atom. The maximum Gasteiger partial charge on any atom is 0.233 e. The van der Waals surface area contributed by atoms with Crippen LogP contribution in [0.3, 0.4) is 0 Å². The number of hydrogen-bond donors (Lipinski definition) is 1. The third-order valence-corrected chi connectivity index (χ3v) is 3.03. The molecule has 1 aliphatic heterocycles. The van der Waals surface area contributed by atoms with Gasteiger partial charge in [-0.2, -0.15) is 25.9 Å². The number of halogens is 2. The zero-order chi connectivity index (χ0) is 11.5. The lowest BCUT2D eigenvalue weighted by atomic mass is 9.95. The molecule has 0 atom stereocenters. The molecule has 0 aromatic carbocycles. The van der Waals surface area contributed by atoms with Crippen LogP contribution >= 0.6 is 23.2 Å². The van der Waals surface area contributed by atoms with Crippen molar-refractivity contribution < 1.29 is 4.94 Å². The van der Waals surface area contributed by atoms with E-state index < -0.39 is 0 Å². The summed E-state index contributed by atoms with van der Waals surface area (Å²) in [6.07, 6.45) is 5.44. The second-order valence-corrected chi connectivity index (χ2v) is 4.33. The first-order chi connectivity index (χ1) is 7.72. The Balaban J connectivity index is 2.34. The zero-order valence-electron chi connectivity index (χ0n) is 8.62. The second-order valence-electron chi connectivity index (χ2n) is 3.65. The molecule has 7 heteroatoms. The van der Waals surface area contributed by atoms with Gasteiger partial charge in [0.25, 0.3) is 0 Å². The van der Waals surface area contributed by atoms with Gasteiger partial charge in [-0.3, -0.25) is 0 Å². The van der Waals surface area contributed by atoms with Gasteiger partial charge in [-0.05, 0) is 54.5 Å². The predicted octanol–water partition coefficient (Wildman–Crippen LogP) is 2.47. The van der Waals surface area contributed by atoms with Crippen LogP contribution in [0.15, 0.2) is 21.4 Å². The molecule has 1 heterocycles. The Kier molecular flexibility index (Phi) is 3.81. The van der Waals surface area contributed by atoms with Crippen LogP contribution in [0.5, 0.6) is 0 Å². The molecular weight excluding hydrogens is 251 g/mol. The fourth-order valence-corrected chi connectivity index (χ4v) is 2.29. The van der Waals surface area contributed by atoms with Gasteiger partial charge in [0.05, 0.1) is 0 Å². The summed E-state index contributed by atoms with van der Waals surface area (Å²) in [6, 6.07) is 0. The normalized spacial score (nSPS) is 22.1. The molecule has 16 heavy (non-hydrogen) atoms. The smallest absolute Gasteiger partial charge is 0.198 e. The van der Waals surface area contributed by atoms with Crippen LogP contribution in [0.2, 0.25) is 0 Å². The van der Waals surface area contributed by atoms with E-state index in [9.17, 15) is 0 Å². The summed E-state index contributed by atoms with van der Waals surface area (Å²) >= 11 is 11.6. The molecular formula is C9H12Cl2N4O. The molecule has 1 saturated carbocycles. The highest BCUT2D eigenvalue weighted by Crippen LogP contribution is 2.30. The number of nitrogens with zero attached hydrogens (tertiary/aromatic N) is 3. The number of amidine groups is 2. The predicted molar refractivity (Wildman–Crippen MR) is 63.8 cm³/mol. The maximum atomic E-state index is 5.86. The van der Waals surface area contributed by atoms with Crippen molar-refractivity contribution in [2.24, 2.45) is 15.9 Å². The van der Waals surface area contributed by atoms with Gasteiger partial charge in [0.15, 0.2) is 5.82 Å². The molecule has 0 unspecified atom stereocenters. The molecule has 0 aromatic rings. The molecule has 0 radical (unpaired) electrons. The van der Waals surface area contributed by atoms with Crippen molar-refractivity contribution in [3.8, 4) is 0 Å². The molecule has 1 fully saturated rings. The summed E-state index contributed by atoms with van der Waals surface area (Å²) in [6.45, 7) is 0. The minimum absolute atomic E-state index is 0.0792. The summed E-state index contributed by atoms with van der Waals surface area (Å²) in [5.74, 6) is 5.73. The van der Waals surface area contributed by atoms with Crippen molar-refractivity contribution in [3.05, 3.63) is 11.4 Å². The monoisotopic (exact) mass is 262 g/mol. The Morgan fingerprint density at radius 2 is 1.81 bits per heavy atom. The van der Waals surface area contributed by atoms with E-state index in [1.807, 2.05) is 0 Å². The molecule has 88 valence electrons. The highest BCUT2D eigenvalue weighted by atomic mass is 35.5. The van der Waals surface area contributed by atoms with E-state index >= 15 is 0 Å². The van der Waals surface area contributed by atoms with Crippen LogP contribution in [0.4, 0.5) is 0 Å². The summed E-state index contributed by atoms with van der Waals surface area (Å²) in [7, 11) is 0. The Bertz CT molecular complexity index is 370. The molecule has 1 aliphatic carbocycles. The fraction of sp³-hybridized carbons (Fsp3) is 0.556. The summed E-state index contributed by atoms with van der Waals surface area (Å²) in [4.78, 5) is 12.5. The Labute approximate surface area is 103 Å². The van der Waals surface area contributed by atoms with Gasteiger partial charge in [0.1, 0.15) is 0 Å². The highest BCUT2D eigenvalue weighted by molar-refractivity contribution is 6.71. The van der Waals surface area contributed by atoms with E-state index in [1.165, 1.54) is 11.5 Å². The van der Waals surface area contributed by atoms with Crippen molar-refractivity contribution in [1.29, 1.82) is 0 Å². The second kappa shape index (κ2) is 5.14. The van der Waals surface area contributed by atoms with Crippen LogP contribution in [0, 0.1) is 0 Å². The van der Waals surface area contributed by atoms with Crippen LogP contribution < -0.4 is 5.90 Å². The average Bonchev–Trinajstić information content (AvgIpc) is 2.29. The number of nitrogens with two attached hydrogens (primary N) is 1. The zero-order valence-corrected chi connectivity index (χ0v) is 10.1. The highest BCUT2D eigenvalue weighted by Gasteiger charge is 2.24. The molecule has 0 bridgehead atoms. The van der Waals surface area contributed by atoms with E-state index in [0.717, 1.165) is 31.3 Å². The first-order valence-corrected chi connectivity index (χ1v) is 5.85. The van der Waals surface area contributed by atoms with Gasteiger partial charge in [-0.15, -0.1) is 0 Å². The van der Waals surface area contributed by atoms with Crippen molar-refractivity contribution >= 4 is 33.8 Å². The molecule has 0 amide bonds. The first-order valence-electron chi connectivity index (χ1n) is 5.09. The number of hydroxylamine groups is 2. The molecule has 2 rings (SSSR count). The SMILES string of the molecule is NON1C(Cl)=NC(Cl)=NC1=C1CCCCC1. The maximum absolute atomic E-state index is 5.86. The van der Waals surface area contributed by atoms with Crippen LogP contribution in [-0.4, -0.2) is 15.7 Å². The topological polar surface area (TPSA) is 63.2 Å². The van der Waals surface area contributed by atoms with Gasteiger partial charge in [0.2, 0.25) is 10.6 Å². The van der Waals surface area contributed by atoms with Crippen molar-refractivity contribution in [1.82, 2.24) is 5.06 Å². The lowest BCUT2D eigenvalue weighted by Crippen LogP contribution is -2.33. The van der Waals surface area contributed by atoms with Crippen molar-refractivity contribution in [3.63, 3.8) is 0 Å². The minimum atomic E-state index is 0.0792. The Hall–Kier alpha value is -0.620. The van der Waals surface area contributed by atoms with Gasteiger partial charge in [-0.1, -0.05) is 6.42 Å². The van der Waals surface area contributed by atoms with E-state index in [0.29, 0.717) is 5.82 Å². The third kappa shape index (κ3) is 2.38. The van der Waals surface area contributed by atoms with Crippen molar-refractivity contribution in [2.75, 3.05) is 0 Å². The third-order valence-electron chi connectivity index (χ3n) is 2.62. The van der Waals surface area contributed by atoms with E-state index in [4.69, 9.17) is 29.1 Å². The number of hydrogen-bond acceptors (Lipinski definition) is 5. The van der Waals surface area contributed by atoms with Crippen LogP contribution in [0.1, 0.15) is 32.1 Å². The lowest BCUT2D eigenvalue weighted by molar-refractivity contribution is -0.0753. The average molecular weight is 263 g/mol. The lowest BCUT2D eigenvalue weighted by Gasteiger charge is -2.25. The molecule has 2 aliphatic rings. The Morgan fingerprint density at radius 3 is 2.44 bits per heavy atom. The van der Waals surface area contributed by atoms with Crippen molar-refractivity contribution in [2.45, 2.75) is 32.1 Å². The van der Waals surface area contributed by atoms with E-state index in [2.05, 4.69) is 14.9 Å². The summed E-state index contributed by atoms with van der Waals surface area (Å²) in [5, 5.41) is 1.38. The molecule has 0 saturated heterocycles. The molecule has 5 nitrogen and oxygen atoms in total.